The van der Waals surface area contributed by atoms with Crippen LogP contribution in [0.2, 0.25) is 0 Å². The van der Waals surface area contributed by atoms with Crippen LogP contribution in [-0.2, 0) is 9.53 Å². The van der Waals surface area contributed by atoms with Crippen LogP contribution in [0.5, 0.6) is 0 Å². The minimum absolute atomic E-state index is 0.0248. The molecule has 0 spiro atoms. The van der Waals surface area contributed by atoms with Crippen molar-refractivity contribution in [3.63, 3.8) is 0 Å². The van der Waals surface area contributed by atoms with Gasteiger partial charge in [0, 0.05) is 5.92 Å². The molecule has 0 bridgehead atoms. The summed E-state index contributed by atoms with van der Waals surface area (Å²) in [5.41, 5.74) is -0.961. The van der Waals surface area contributed by atoms with Gasteiger partial charge in [-0.2, -0.15) is 0 Å². The normalized spacial score (nSPS) is 37.8. The highest BCUT2D eigenvalue weighted by atomic mass is 16.5. The first kappa shape index (κ1) is 11.2. The molecule has 80 valence electrons. The molecule has 1 rings (SSSR count). The molecule has 0 saturated carbocycles. The van der Waals surface area contributed by atoms with E-state index in [2.05, 4.69) is 6.58 Å². The molecule has 1 unspecified atom stereocenters. The van der Waals surface area contributed by atoms with Gasteiger partial charge in [-0.25, -0.2) is 0 Å². The number of rotatable bonds is 3. The number of carbonyl (C=O) groups is 1. The summed E-state index contributed by atoms with van der Waals surface area (Å²) < 4.78 is 5.16. The predicted octanol–water partition coefficient (Wildman–Crippen LogP) is 1.66. The second kappa shape index (κ2) is 4.13. The van der Waals surface area contributed by atoms with Crippen LogP contribution in [-0.4, -0.2) is 22.8 Å². The van der Waals surface area contributed by atoms with Gasteiger partial charge in [-0.05, 0) is 12.8 Å². The van der Waals surface area contributed by atoms with Crippen molar-refractivity contribution >= 4 is 5.97 Å². The molecule has 0 aliphatic carbocycles. The van der Waals surface area contributed by atoms with Gasteiger partial charge in [-0.1, -0.05) is 19.9 Å². The zero-order chi connectivity index (χ0) is 10.8. The maximum absolute atomic E-state index is 11.3. The van der Waals surface area contributed by atoms with E-state index in [9.17, 15) is 9.90 Å². The summed E-state index contributed by atoms with van der Waals surface area (Å²) in [6.07, 6.45) is 2.76. The molecule has 3 nitrogen and oxygen atoms in total. The van der Waals surface area contributed by atoms with Gasteiger partial charge in [0.05, 0.1) is 12.0 Å². The first-order chi connectivity index (χ1) is 6.53. The largest absolute Gasteiger partial charge is 0.462 e. The molecule has 14 heavy (non-hydrogen) atoms. The van der Waals surface area contributed by atoms with E-state index in [1.807, 2.05) is 13.8 Å². The number of hydrogen-bond donors (Lipinski definition) is 1. The monoisotopic (exact) mass is 198 g/mol. The first-order valence-electron chi connectivity index (χ1n) is 5.06. The van der Waals surface area contributed by atoms with Gasteiger partial charge in [0.25, 0.3) is 0 Å². The fourth-order valence-corrected chi connectivity index (χ4v) is 2.01. The Balaban J connectivity index is 2.83. The smallest absolute Gasteiger partial charge is 0.309 e. The second-order valence-electron chi connectivity index (χ2n) is 4.00. The lowest BCUT2D eigenvalue weighted by Crippen LogP contribution is -2.50. The number of hydrogen-bond acceptors (Lipinski definition) is 3. The summed E-state index contributed by atoms with van der Waals surface area (Å²) in [4.78, 5) is 11.3. The highest BCUT2D eigenvalue weighted by Crippen LogP contribution is 2.35. The van der Waals surface area contributed by atoms with Gasteiger partial charge >= 0.3 is 5.97 Å². The molecule has 1 aliphatic rings. The third-order valence-corrected chi connectivity index (χ3v) is 3.04. The first-order valence-corrected chi connectivity index (χ1v) is 5.06. The fraction of sp³-hybridized carbons (Fsp3) is 0.727. The molecule has 0 aromatic heterocycles. The van der Waals surface area contributed by atoms with Gasteiger partial charge < -0.3 is 9.84 Å². The molecular formula is C11H18O3. The van der Waals surface area contributed by atoms with E-state index in [0.717, 1.165) is 6.42 Å². The minimum atomic E-state index is -0.961. The summed E-state index contributed by atoms with van der Waals surface area (Å²) >= 11 is 0. The third-order valence-electron chi connectivity index (χ3n) is 3.04. The van der Waals surface area contributed by atoms with Crippen molar-refractivity contribution in [3.05, 3.63) is 12.7 Å². The zero-order valence-electron chi connectivity index (χ0n) is 8.82. The van der Waals surface area contributed by atoms with Gasteiger partial charge in [0.1, 0.15) is 6.10 Å². The van der Waals surface area contributed by atoms with Crippen LogP contribution in [0.1, 0.15) is 33.1 Å². The van der Waals surface area contributed by atoms with Crippen LogP contribution in [0, 0.1) is 5.92 Å². The summed E-state index contributed by atoms with van der Waals surface area (Å²) in [5, 5.41) is 10.2. The summed E-state index contributed by atoms with van der Waals surface area (Å²) in [5.74, 6) is -0.331. The van der Waals surface area contributed by atoms with Crippen LogP contribution < -0.4 is 0 Å². The van der Waals surface area contributed by atoms with Gasteiger partial charge in [-0.3, -0.25) is 4.79 Å². The molecular weight excluding hydrogens is 180 g/mol. The van der Waals surface area contributed by atoms with Crippen molar-refractivity contribution in [1.82, 2.24) is 0 Å². The van der Waals surface area contributed by atoms with Gasteiger partial charge in [0.2, 0.25) is 0 Å². The fourth-order valence-electron chi connectivity index (χ4n) is 2.01. The molecule has 3 atom stereocenters. The summed E-state index contributed by atoms with van der Waals surface area (Å²) in [6.45, 7) is 7.47. The second-order valence-corrected chi connectivity index (χ2v) is 4.00. The molecule has 1 aliphatic heterocycles. The van der Waals surface area contributed by atoms with E-state index in [-0.39, 0.29) is 24.4 Å². The Kier molecular flexibility index (Phi) is 3.32. The summed E-state index contributed by atoms with van der Waals surface area (Å²) in [6, 6.07) is 0. The SMILES string of the molecule is C=CC[C@]1(O)CC(=O)O[C@@H](CC)C1C. The van der Waals surface area contributed by atoms with Gasteiger partial charge in [-0.15, -0.1) is 6.58 Å². The van der Waals surface area contributed by atoms with Crippen LogP contribution >= 0.6 is 0 Å². The molecule has 1 heterocycles. The van der Waals surface area contributed by atoms with E-state index >= 15 is 0 Å². The minimum Gasteiger partial charge on any atom is -0.462 e. The third kappa shape index (κ3) is 1.98. The zero-order valence-corrected chi connectivity index (χ0v) is 8.82. The number of esters is 1. The Hall–Kier alpha value is -0.830. The van der Waals surface area contributed by atoms with Crippen LogP contribution in [0.3, 0.4) is 0 Å². The molecule has 3 heteroatoms. The number of aliphatic hydroxyl groups is 1. The van der Waals surface area contributed by atoms with E-state index in [1.165, 1.54) is 0 Å². The van der Waals surface area contributed by atoms with Crippen LogP contribution in [0.4, 0.5) is 0 Å². The Labute approximate surface area is 84.8 Å². The van der Waals surface area contributed by atoms with Crippen molar-refractivity contribution in [2.75, 3.05) is 0 Å². The molecule has 1 fully saturated rings. The maximum atomic E-state index is 11.3. The van der Waals surface area contributed by atoms with Crippen molar-refractivity contribution in [3.8, 4) is 0 Å². The molecule has 1 saturated heterocycles. The van der Waals surface area contributed by atoms with Crippen molar-refractivity contribution in [2.45, 2.75) is 44.8 Å². The Bertz CT molecular complexity index is 237. The molecule has 0 aromatic rings. The van der Waals surface area contributed by atoms with E-state index < -0.39 is 5.60 Å². The predicted molar refractivity (Wildman–Crippen MR) is 53.7 cm³/mol. The highest BCUT2D eigenvalue weighted by Gasteiger charge is 2.44. The molecule has 0 aromatic carbocycles. The molecule has 1 N–H and O–H groups in total. The van der Waals surface area contributed by atoms with Gasteiger partial charge in [0.15, 0.2) is 0 Å². The van der Waals surface area contributed by atoms with E-state index in [4.69, 9.17) is 4.74 Å². The van der Waals surface area contributed by atoms with Crippen LogP contribution in [0.25, 0.3) is 0 Å². The number of ether oxygens (including phenoxy) is 1. The highest BCUT2D eigenvalue weighted by molar-refractivity contribution is 5.72. The number of cyclic esters (lactones) is 1. The quantitative estimate of drug-likeness (QED) is 0.554. The van der Waals surface area contributed by atoms with Crippen molar-refractivity contribution < 1.29 is 14.6 Å². The average molecular weight is 198 g/mol. The van der Waals surface area contributed by atoms with Crippen LogP contribution in [0.15, 0.2) is 12.7 Å². The number of carbonyl (C=O) groups excluding carboxylic acids is 1. The average Bonchev–Trinajstić information content (AvgIpc) is 2.11. The maximum Gasteiger partial charge on any atom is 0.309 e. The lowest BCUT2D eigenvalue weighted by atomic mass is 9.77. The Morgan fingerprint density at radius 3 is 2.93 bits per heavy atom. The van der Waals surface area contributed by atoms with E-state index in [1.54, 1.807) is 6.08 Å². The standard InChI is InChI=1S/C11H18O3/c1-4-6-11(13)7-10(12)14-9(5-2)8(11)3/h4,8-9,13H,1,5-7H2,2-3H3/t8?,9-,11-/m0/s1. The topological polar surface area (TPSA) is 46.5 Å². The Morgan fingerprint density at radius 1 is 1.79 bits per heavy atom. The lowest BCUT2D eigenvalue weighted by molar-refractivity contribution is -0.182. The molecule has 0 radical (unpaired) electrons. The van der Waals surface area contributed by atoms with E-state index in [0.29, 0.717) is 6.42 Å². The summed E-state index contributed by atoms with van der Waals surface area (Å²) in [7, 11) is 0. The van der Waals surface area contributed by atoms with Crippen molar-refractivity contribution in [1.29, 1.82) is 0 Å². The van der Waals surface area contributed by atoms with Crippen molar-refractivity contribution in [2.24, 2.45) is 5.92 Å². The lowest BCUT2D eigenvalue weighted by Gasteiger charge is -2.41. The Morgan fingerprint density at radius 2 is 2.43 bits per heavy atom. The molecule has 0 amide bonds.